The molecule has 1 aromatic carbocycles. The van der Waals surface area contributed by atoms with E-state index in [9.17, 15) is 0 Å². The van der Waals surface area contributed by atoms with Crippen LogP contribution in [0.15, 0.2) is 29.3 Å². The summed E-state index contributed by atoms with van der Waals surface area (Å²) in [5, 5.41) is 4.92. The van der Waals surface area contributed by atoms with Crippen molar-refractivity contribution in [3.8, 4) is 0 Å². The highest BCUT2D eigenvalue weighted by Crippen LogP contribution is 2.17. The first-order chi connectivity index (χ1) is 7.40. The van der Waals surface area contributed by atoms with Gasteiger partial charge >= 0.3 is 0 Å². The van der Waals surface area contributed by atoms with E-state index in [1.54, 1.807) is 11.8 Å². The van der Waals surface area contributed by atoms with Crippen LogP contribution in [0.5, 0.6) is 0 Å². The van der Waals surface area contributed by atoms with Crippen molar-refractivity contribution in [2.45, 2.75) is 26.3 Å². The molecule has 0 heterocycles. The second-order valence-corrected chi connectivity index (χ2v) is 5.66. The van der Waals surface area contributed by atoms with Gasteiger partial charge in [-0.25, -0.2) is 0 Å². The Hall–Kier alpha value is -0.670. The third-order valence-electron chi connectivity index (χ3n) is 1.73. The summed E-state index contributed by atoms with van der Waals surface area (Å²) in [6.07, 6.45) is 2.01. The number of aliphatic imine (C=N–C) groups is 1. The van der Waals surface area contributed by atoms with E-state index in [0.717, 1.165) is 15.9 Å². The zero-order chi connectivity index (χ0) is 12.2. The van der Waals surface area contributed by atoms with E-state index in [-0.39, 0.29) is 5.54 Å². The van der Waals surface area contributed by atoms with Gasteiger partial charge in [-0.2, -0.15) is 0 Å². The molecule has 0 radical (unpaired) electrons. The van der Waals surface area contributed by atoms with E-state index in [1.807, 2.05) is 30.5 Å². The highest BCUT2D eigenvalue weighted by Gasteiger charge is 2.09. The molecule has 0 amide bonds. The number of hydrogen-bond acceptors (Lipinski definition) is 2. The summed E-state index contributed by atoms with van der Waals surface area (Å²) in [5.74, 6) is 0. The molecule has 1 N–H and O–H groups in total. The number of thioether (sulfide) groups is 1. The quantitative estimate of drug-likeness (QED) is 0.599. The van der Waals surface area contributed by atoms with E-state index >= 15 is 0 Å². The van der Waals surface area contributed by atoms with Crippen LogP contribution in [0, 0.1) is 0 Å². The minimum Gasteiger partial charge on any atom is -0.335 e. The number of benzene rings is 1. The van der Waals surface area contributed by atoms with Crippen LogP contribution in [-0.4, -0.2) is 17.0 Å². The van der Waals surface area contributed by atoms with Crippen LogP contribution in [0.4, 0.5) is 5.69 Å². The van der Waals surface area contributed by atoms with Gasteiger partial charge in [-0.3, -0.25) is 4.99 Å². The van der Waals surface area contributed by atoms with E-state index in [1.165, 1.54) is 0 Å². The molecule has 0 aromatic heterocycles. The smallest absolute Gasteiger partial charge is 0.161 e. The minimum atomic E-state index is -0.0717. The summed E-state index contributed by atoms with van der Waals surface area (Å²) in [7, 11) is 0. The number of amidine groups is 1. The second kappa shape index (κ2) is 5.60. The van der Waals surface area contributed by atoms with Crippen LogP contribution < -0.4 is 5.32 Å². The lowest BCUT2D eigenvalue weighted by Gasteiger charge is -2.16. The molecule has 0 saturated heterocycles. The number of rotatable bonds is 1. The van der Waals surface area contributed by atoms with Gasteiger partial charge in [0, 0.05) is 10.7 Å². The van der Waals surface area contributed by atoms with Crippen LogP contribution in [-0.2, 0) is 0 Å². The van der Waals surface area contributed by atoms with Gasteiger partial charge in [0.2, 0.25) is 0 Å². The van der Waals surface area contributed by atoms with Gasteiger partial charge < -0.3 is 5.32 Å². The van der Waals surface area contributed by atoms with Crippen LogP contribution in [0.25, 0.3) is 0 Å². The first-order valence-electron chi connectivity index (χ1n) is 5.07. The van der Waals surface area contributed by atoms with Crippen molar-refractivity contribution in [1.82, 2.24) is 0 Å². The largest absolute Gasteiger partial charge is 0.335 e. The molecule has 0 bridgehead atoms. The van der Waals surface area contributed by atoms with Crippen molar-refractivity contribution in [3.05, 3.63) is 29.3 Å². The molecule has 0 unspecified atom stereocenters. The van der Waals surface area contributed by atoms with Crippen molar-refractivity contribution in [3.63, 3.8) is 0 Å². The summed E-state index contributed by atoms with van der Waals surface area (Å²) < 4.78 is 0. The molecule has 16 heavy (non-hydrogen) atoms. The molecular formula is C12H17ClN2S. The summed E-state index contributed by atoms with van der Waals surface area (Å²) in [6, 6.07) is 7.60. The highest BCUT2D eigenvalue weighted by molar-refractivity contribution is 8.13. The van der Waals surface area contributed by atoms with Crippen molar-refractivity contribution in [1.29, 1.82) is 0 Å². The van der Waals surface area contributed by atoms with Gasteiger partial charge in [0.1, 0.15) is 0 Å². The van der Waals surface area contributed by atoms with Crippen molar-refractivity contribution >= 4 is 34.2 Å². The molecule has 1 aromatic rings. The maximum Gasteiger partial charge on any atom is 0.161 e. The van der Waals surface area contributed by atoms with E-state index in [2.05, 4.69) is 31.1 Å². The Morgan fingerprint density at radius 3 is 2.25 bits per heavy atom. The Morgan fingerprint density at radius 2 is 1.81 bits per heavy atom. The molecule has 2 nitrogen and oxygen atoms in total. The SMILES string of the molecule is CSC(=NC(C)(C)C)Nc1ccc(Cl)cc1. The molecule has 0 saturated carbocycles. The van der Waals surface area contributed by atoms with Crippen molar-refractivity contribution in [2.24, 2.45) is 4.99 Å². The van der Waals surface area contributed by atoms with E-state index in [4.69, 9.17) is 11.6 Å². The van der Waals surface area contributed by atoms with Crippen LogP contribution in [0.1, 0.15) is 20.8 Å². The molecule has 0 aliphatic heterocycles. The Bertz CT molecular complexity index is 366. The topological polar surface area (TPSA) is 24.4 Å². The summed E-state index contributed by atoms with van der Waals surface area (Å²) >= 11 is 7.43. The van der Waals surface area contributed by atoms with Gasteiger partial charge in [0.15, 0.2) is 5.17 Å². The summed E-state index contributed by atoms with van der Waals surface area (Å²) in [5.41, 5.74) is 0.930. The predicted octanol–water partition coefficient (Wildman–Crippen LogP) is 4.27. The van der Waals surface area contributed by atoms with Gasteiger partial charge in [0.05, 0.1) is 5.54 Å². The molecular weight excluding hydrogens is 240 g/mol. The Labute approximate surface area is 106 Å². The maximum absolute atomic E-state index is 5.83. The Balaban J connectivity index is 2.78. The zero-order valence-corrected chi connectivity index (χ0v) is 11.6. The van der Waals surface area contributed by atoms with Gasteiger partial charge in [-0.1, -0.05) is 23.4 Å². The molecule has 0 spiro atoms. The fraction of sp³-hybridized carbons (Fsp3) is 0.417. The lowest BCUT2D eigenvalue weighted by molar-refractivity contribution is 0.585. The van der Waals surface area contributed by atoms with Crippen molar-refractivity contribution in [2.75, 3.05) is 11.6 Å². The van der Waals surface area contributed by atoms with Crippen LogP contribution in [0.2, 0.25) is 5.02 Å². The van der Waals surface area contributed by atoms with Crippen molar-refractivity contribution < 1.29 is 0 Å². The first kappa shape index (κ1) is 13.4. The Morgan fingerprint density at radius 1 is 1.25 bits per heavy atom. The van der Waals surface area contributed by atoms with Crippen LogP contribution >= 0.6 is 23.4 Å². The standard InChI is InChI=1S/C12H17ClN2S/c1-12(2,3)15-11(16-4)14-10-7-5-9(13)6-8-10/h5-8H,1-4H3,(H,14,15). The average molecular weight is 257 g/mol. The molecule has 0 aliphatic carbocycles. The average Bonchev–Trinajstić information content (AvgIpc) is 2.18. The maximum atomic E-state index is 5.83. The van der Waals surface area contributed by atoms with Gasteiger partial charge in [-0.15, -0.1) is 0 Å². The highest BCUT2D eigenvalue weighted by atomic mass is 35.5. The molecule has 0 aliphatic rings. The fourth-order valence-electron chi connectivity index (χ4n) is 1.09. The van der Waals surface area contributed by atoms with E-state index in [0.29, 0.717) is 0 Å². The second-order valence-electron chi connectivity index (χ2n) is 4.42. The fourth-order valence-corrected chi connectivity index (χ4v) is 1.80. The molecule has 0 atom stereocenters. The summed E-state index contributed by atoms with van der Waals surface area (Å²) in [4.78, 5) is 4.58. The first-order valence-corrected chi connectivity index (χ1v) is 6.67. The minimum absolute atomic E-state index is 0.0717. The lowest BCUT2D eigenvalue weighted by atomic mass is 10.1. The normalized spacial score (nSPS) is 12.7. The van der Waals surface area contributed by atoms with Gasteiger partial charge in [0.25, 0.3) is 0 Å². The zero-order valence-electron chi connectivity index (χ0n) is 10.0. The predicted molar refractivity (Wildman–Crippen MR) is 75.8 cm³/mol. The number of anilines is 1. The third-order valence-corrected chi connectivity index (χ3v) is 2.56. The van der Waals surface area contributed by atoms with Gasteiger partial charge in [-0.05, 0) is 51.3 Å². The number of hydrogen-bond donors (Lipinski definition) is 1. The number of halogens is 1. The Kier molecular flexibility index (Phi) is 4.69. The number of nitrogens with zero attached hydrogens (tertiary/aromatic N) is 1. The molecule has 1 rings (SSSR count). The van der Waals surface area contributed by atoms with Crippen LogP contribution in [0.3, 0.4) is 0 Å². The number of nitrogens with one attached hydrogen (secondary N) is 1. The molecule has 88 valence electrons. The third kappa shape index (κ3) is 4.90. The van der Waals surface area contributed by atoms with E-state index < -0.39 is 0 Å². The monoisotopic (exact) mass is 256 g/mol. The molecule has 0 fully saturated rings. The lowest BCUT2D eigenvalue weighted by Crippen LogP contribution is -2.17. The summed E-state index contributed by atoms with van der Waals surface area (Å²) in [6.45, 7) is 6.23. The molecule has 4 heteroatoms.